The molecule has 2 aromatic rings. The molecular weight excluding hydrogens is 252 g/mol. The SMILES string of the molecule is O=c1[nH]c(S)c(/C=c2\ccc3c(c2)C=CN=3)s1. The van der Waals surface area contributed by atoms with E-state index >= 15 is 0 Å². The molecule has 3 rings (SSSR count). The third kappa shape index (κ3) is 1.99. The molecule has 2 heterocycles. The fraction of sp³-hybridized carbons (Fsp3) is 0. The van der Waals surface area contributed by atoms with Gasteiger partial charge in [0.25, 0.3) is 0 Å². The third-order valence-electron chi connectivity index (χ3n) is 2.47. The smallest absolute Gasteiger partial charge is 0.305 e. The second-order valence-corrected chi connectivity index (χ2v) is 5.10. The summed E-state index contributed by atoms with van der Waals surface area (Å²) in [6.07, 6.45) is 5.69. The molecule has 1 aliphatic heterocycles. The van der Waals surface area contributed by atoms with Crippen LogP contribution in [0.25, 0.3) is 12.2 Å². The lowest BCUT2D eigenvalue weighted by Crippen LogP contribution is -2.10. The number of hydrogen-bond acceptors (Lipinski definition) is 4. The minimum Gasteiger partial charge on any atom is -0.307 e. The number of benzene rings is 1. The zero-order chi connectivity index (χ0) is 11.8. The van der Waals surface area contributed by atoms with Crippen molar-refractivity contribution < 1.29 is 0 Å². The van der Waals surface area contributed by atoms with Crippen LogP contribution >= 0.6 is 24.0 Å². The number of aromatic amines is 1. The summed E-state index contributed by atoms with van der Waals surface area (Å²) in [6, 6.07) is 5.99. The zero-order valence-corrected chi connectivity index (χ0v) is 10.4. The summed E-state index contributed by atoms with van der Waals surface area (Å²) < 4.78 is 0. The van der Waals surface area contributed by atoms with Gasteiger partial charge in [0.2, 0.25) is 0 Å². The number of H-pyrrole nitrogens is 1. The Labute approximate surface area is 106 Å². The van der Waals surface area contributed by atoms with Crippen molar-refractivity contribution in [2.24, 2.45) is 4.99 Å². The summed E-state index contributed by atoms with van der Waals surface area (Å²) in [7, 11) is 0. The van der Waals surface area contributed by atoms with E-state index < -0.39 is 0 Å². The molecule has 1 N–H and O–H groups in total. The molecule has 5 heteroatoms. The van der Waals surface area contributed by atoms with Gasteiger partial charge in [-0.05, 0) is 29.5 Å². The van der Waals surface area contributed by atoms with Gasteiger partial charge in [-0.25, -0.2) is 0 Å². The van der Waals surface area contributed by atoms with Gasteiger partial charge in [0.05, 0.1) is 15.3 Å². The maximum Gasteiger partial charge on any atom is 0.305 e. The van der Waals surface area contributed by atoms with Crippen LogP contribution in [0.4, 0.5) is 0 Å². The molecule has 3 nitrogen and oxygen atoms in total. The van der Waals surface area contributed by atoms with Crippen molar-refractivity contribution >= 4 is 36.1 Å². The van der Waals surface area contributed by atoms with Crippen LogP contribution in [0.3, 0.4) is 0 Å². The van der Waals surface area contributed by atoms with Crippen LogP contribution in [0, 0.1) is 0 Å². The summed E-state index contributed by atoms with van der Waals surface area (Å²) in [6.45, 7) is 0. The molecule has 0 unspecified atom stereocenters. The van der Waals surface area contributed by atoms with Gasteiger partial charge in [-0.1, -0.05) is 17.4 Å². The van der Waals surface area contributed by atoms with E-state index in [9.17, 15) is 4.79 Å². The lowest BCUT2D eigenvalue weighted by atomic mass is 10.2. The van der Waals surface area contributed by atoms with Gasteiger partial charge < -0.3 is 4.98 Å². The van der Waals surface area contributed by atoms with Gasteiger partial charge in [0, 0.05) is 11.8 Å². The predicted octanol–water partition coefficient (Wildman–Crippen LogP) is 1.16. The van der Waals surface area contributed by atoms with Crippen molar-refractivity contribution in [1.29, 1.82) is 0 Å². The molecule has 0 amide bonds. The first-order chi connectivity index (χ1) is 8.22. The lowest BCUT2D eigenvalue weighted by molar-refractivity contribution is 1.16. The average Bonchev–Trinajstić information content (AvgIpc) is 2.85. The molecule has 0 aliphatic carbocycles. The molecule has 0 spiro atoms. The molecule has 0 fully saturated rings. The predicted molar refractivity (Wildman–Crippen MR) is 72.0 cm³/mol. The minimum absolute atomic E-state index is 0.0858. The normalized spacial score (nSPS) is 13.8. The van der Waals surface area contributed by atoms with E-state index in [1.54, 1.807) is 6.20 Å². The molecule has 0 bridgehead atoms. The highest BCUT2D eigenvalue weighted by Gasteiger charge is 2.01. The third-order valence-corrected chi connectivity index (χ3v) is 3.81. The minimum atomic E-state index is -0.0858. The van der Waals surface area contributed by atoms with Crippen molar-refractivity contribution in [1.82, 2.24) is 4.98 Å². The molecule has 0 saturated heterocycles. The summed E-state index contributed by atoms with van der Waals surface area (Å²) in [5, 5.41) is 2.63. The first-order valence-electron chi connectivity index (χ1n) is 5.01. The second-order valence-electron chi connectivity index (χ2n) is 3.63. The summed E-state index contributed by atoms with van der Waals surface area (Å²) in [4.78, 5) is 18.8. The van der Waals surface area contributed by atoms with Gasteiger partial charge in [-0.15, -0.1) is 12.6 Å². The highest BCUT2D eigenvalue weighted by molar-refractivity contribution is 7.80. The number of thiazole rings is 1. The average molecular weight is 260 g/mol. The van der Waals surface area contributed by atoms with Crippen molar-refractivity contribution in [2.75, 3.05) is 0 Å². The molecule has 0 radical (unpaired) electrons. The van der Waals surface area contributed by atoms with Crippen molar-refractivity contribution in [2.45, 2.75) is 5.03 Å². The van der Waals surface area contributed by atoms with E-state index in [0.717, 1.165) is 32.4 Å². The van der Waals surface area contributed by atoms with E-state index in [4.69, 9.17) is 0 Å². The largest absolute Gasteiger partial charge is 0.307 e. The summed E-state index contributed by atoms with van der Waals surface area (Å²) in [5.41, 5.74) is 1.10. The maximum absolute atomic E-state index is 11.2. The van der Waals surface area contributed by atoms with Crippen LogP contribution in [0.2, 0.25) is 0 Å². The van der Waals surface area contributed by atoms with Crippen LogP contribution in [-0.4, -0.2) is 4.98 Å². The Kier molecular flexibility index (Phi) is 2.49. The molecule has 84 valence electrons. The fourth-order valence-electron chi connectivity index (χ4n) is 1.69. The van der Waals surface area contributed by atoms with Crippen LogP contribution in [0.5, 0.6) is 0 Å². The van der Waals surface area contributed by atoms with E-state index in [1.165, 1.54) is 0 Å². The molecule has 0 saturated carbocycles. The second kappa shape index (κ2) is 4.01. The molecule has 1 aromatic carbocycles. The first-order valence-corrected chi connectivity index (χ1v) is 6.27. The van der Waals surface area contributed by atoms with Crippen molar-refractivity contribution in [3.05, 3.63) is 55.1 Å². The molecule has 1 aromatic heterocycles. The van der Waals surface area contributed by atoms with Crippen LogP contribution in [-0.2, 0) is 0 Å². The van der Waals surface area contributed by atoms with Crippen LogP contribution in [0.15, 0.2) is 39.2 Å². The zero-order valence-electron chi connectivity index (χ0n) is 8.68. The Morgan fingerprint density at radius 3 is 3.06 bits per heavy atom. The highest BCUT2D eigenvalue weighted by Crippen LogP contribution is 2.13. The molecule has 0 atom stereocenters. The maximum atomic E-state index is 11.2. The van der Waals surface area contributed by atoms with Gasteiger partial charge in [0.1, 0.15) is 0 Å². The quantitative estimate of drug-likeness (QED) is 0.743. The number of fused-ring (bicyclic) bond motifs is 1. The Balaban J connectivity index is 2.17. The van der Waals surface area contributed by atoms with Gasteiger partial charge in [0.15, 0.2) is 0 Å². The van der Waals surface area contributed by atoms with Crippen molar-refractivity contribution in [3.63, 3.8) is 0 Å². The van der Waals surface area contributed by atoms with Gasteiger partial charge in [-0.2, -0.15) is 0 Å². The number of nitrogens with one attached hydrogen (secondary N) is 1. The molecular formula is C12H8N2OS2. The first kappa shape index (κ1) is 10.6. The van der Waals surface area contributed by atoms with E-state index in [-0.39, 0.29) is 4.87 Å². The van der Waals surface area contributed by atoms with Gasteiger partial charge >= 0.3 is 4.87 Å². The Hall–Kier alpha value is -1.59. The van der Waals surface area contributed by atoms with E-state index in [2.05, 4.69) is 22.6 Å². The lowest BCUT2D eigenvalue weighted by Gasteiger charge is -1.91. The fourth-order valence-corrected chi connectivity index (χ4v) is 2.77. The van der Waals surface area contributed by atoms with E-state index in [0.29, 0.717) is 5.03 Å². The molecule has 1 aliphatic rings. The Bertz CT molecular complexity index is 784. The monoisotopic (exact) mass is 260 g/mol. The van der Waals surface area contributed by atoms with Crippen LogP contribution < -0.4 is 15.4 Å². The summed E-state index contributed by atoms with van der Waals surface area (Å²) in [5.74, 6) is 0. The van der Waals surface area contributed by atoms with Crippen LogP contribution in [0.1, 0.15) is 10.4 Å². The van der Waals surface area contributed by atoms with Gasteiger partial charge in [-0.3, -0.25) is 9.79 Å². The standard InChI is InChI=1S/C12H8N2OS2/c15-12-14-11(16)10(17-12)6-7-1-2-9-8(5-7)3-4-13-9/h1-6,16H,(H,14,15)/b7-6+. The number of nitrogens with zero attached hydrogens (tertiary/aromatic N) is 1. The number of aromatic nitrogens is 1. The number of hydrogen-bond donors (Lipinski definition) is 2. The topological polar surface area (TPSA) is 45.2 Å². The molecule has 17 heavy (non-hydrogen) atoms. The Morgan fingerprint density at radius 1 is 1.41 bits per heavy atom. The number of thiol groups is 1. The summed E-state index contributed by atoms with van der Waals surface area (Å²) >= 11 is 5.38. The van der Waals surface area contributed by atoms with E-state index in [1.807, 2.05) is 30.4 Å². The highest BCUT2D eigenvalue weighted by atomic mass is 32.1. The van der Waals surface area contributed by atoms with Crippen molar-refractivity contribution in [3.8, 4) is 0 Å². The number of rotatable bonds is 1. The Morgan fingerprint density at radius 2 is 2.29 bits per heavy atom.